The van der Waals surface area contributed by atoms with Crippen molar-refractivity contribution >= 4 is 17.5 Å². The van der Waals surface area contributed by atoms with E-state index in [0.29, 0.717) is 5.75 Å². The minimum atomic E-state index is -0.660. The molecule has 0 aromatic heterocycles. The molecular formula is C14H21N3O4. The standard InChI is InChI=1S/C14H21N3O4/c1-8(2)13(15)14(20)16-7-12(19)17-10-5-4-9(21-3)6-11(10)18/h4-6,8,13,18H,7,15H2,1-3H3,(H,16,20)(H,17,19)/t13-/m0/s1. The SMILES string of the molecule is COc1ccc(NC(=O)CNC(=O)[C@@H](N)C(C)C)c(O)c1. The van der Waals surface area contributed by atoms with Crippen LogP contribution in [-0.2, 0) is 9.59 Å². The number of carbonyl (C=O) groups is 2. The first-order valence-electron chi connectivity index (χ1n) is 6.55. The molecule has 1 atom stereocenters. The summed E-state index contributed by atoms with van der Waals surface area (Å²) in [6, 6.07) is 3.83. The Bertz CT molecular complexity index is 517. The molecule has 0 aliphatic heterocycles. The molecule has 7 heteroatoms. The zero-order valence-electron chi connectivity index (χ0n) is 12.3. The zero-order valence-corrected chi connectivity index (χ0v) is 12.3. The third-order valence-electron chi connectivity index (χ3n) is 2.92. The van der Waals surface area contributed by atoms with E-state index in [-0.39, 0.29) is 29.8 Å². The van der Waals surface area contributed by atoms with Gasteiger partial charge in [-0.1, -0.05) is 13.8 Å². The Morgan fingerprint density at radius 3 is 2.57 bits per heavy atom. The van der Waals surface area contributed by atoms with Crippen molar-refractivity contribution in [3.8, 4) is 11.5 Å². The molecule has 5 N–H and O–H groups in total. The first kappa shape index (κ1) is 16.8. The van der Waals surface area contributed by atoms with Crippen molar-refractivity contribution in [1.82, 2.24) is 5.32 Å². The molecule has 116 valence electrons. The van der Waals surface area contributed by atoms with Crippen LogP contribution in [-0.4, -0.2) is 36.6 Å². The van der Waals surface area contributed by atoms with Gasteiger partial charge >= 0.3 is 0 Å². The number of ether oxygens (including phenoxy) is 1. The van der Waals surface area contributed by atoms with Crippen LogP contribution >= 0.6 is 0 Å². The molecule has 1 aromatic carbocycles. The summed E-state index contributed by atoms with van der Waals surface area (Å²) in [5.74, 6) is -0.507. The highest BCUT2D eigenvalue weighted by molar-refractivity contribution is 5.96. The monoisotopic (exact) mass is 295 g/mol. The number of amides is 2. The average Bonchev–Trinajstić information content (AvgIpc) is 2.45. The Morgan fingerprint density at radius 2 is 2.05 bits per heavy atom. The number of phenolic OH excluding ortho intramolecular Hbond substituents is 1. The quantitative estimate of drug-likeness (QED) is 0.569. The van der Waals surface area contributed by atoms with Gasteiger partial charge in [0.1, 0.15) is 11.5 Å². The van der Waals surface area contributed by atoms with Gasteiger partial charge < -0.3 is 26.2 Å². The number of nitrogens with two attached hydrogens (primary N) is 1. The lowest BCUT2D eigenvalue weighted by atomic mass is 10.1. The summed E-state index contributed by atoms with van der Waals surface area (Å²) >= 11 is 0. The Balaban J connectivity index is 2.53. The predicted octanol–water partition coefficient (Wildman–Crippen LogP) is 0.439. The number of anilines is 1. The van der Waals surface area contributed by atoms with Crippen LogP contribution in [0.1, 0.15) is 13.8 Å². The van der Waals surface area contributed by atoms with Crippen LogP contribution in [0.4, 0.5) is 5.69 Å². The molecule has 1 rings (SSSR count). The van der Waals surface area contributed by atoms with Crippen LogP contribution in [0, 0.1) is 5.92 Å². The lowest BCUT2D eigenvalue weighted by Gasteiger charge is -2.15. The molecular weight excluding hydrogens is 274 g/mol. The van der Waals surface area contributed by atoms with Crippen molar-refractivity contribution in [2.75, 3.05) is 19.0 Å². The summed E-state index contributed by atoms with van der Waals surface area (Å²) in [6.07, 6.45) is 0. The number of carbonyl (C=O) groups excluding carboxylic acids is 2. The van der Waals surface area contributed by atoms with E-state index in [0.717, 1.165) is 0 Å². The average molecular weight is 295 g/mol. The van der Waals surface area contributed by atoms with Crippen LogP contribution in [0.5, 0.6) is 11.5 Å². The minimum Gasteiger partial charge on any atom is -0.506 e. The normalized spacial score (nSPS) is 11.9. The van der Waals surface area contributed by atoms with Crippen molar-refractivity contribution < 1.29 is 19.4 Å². The lowest BCUT2D eigenvalue weighted by Crippen LogP contribution is -2.46. The van der Waals surface area contributed by atoms with Crippen molar-refractivity contribution in [2.45, 2.75) is 19.9 Å². The number of nitrogens with one attached hydrogen (secondary N) is 2. The van der Waals surface area contributed by atoms with E-state index in [4.69, 9.17) is 10.5 Å². The van der Waals surface area contributed by atoms with Gasteiger partial charge in [0.25, 0.3) is 0 Å². The zero-order chi connectivity index (χ0) is 16.0. The molecule has 0 saturated carbocycles. The Labute approximate surface area is 123 Å². The lowest BCUT2D eigenvalue weighted by molar-refractivity contribution is -0.125. The van der Waals surface area contributed by atoms with Gasteiger partial charge in [-0.15, -0.1) is 0 Å². The first-order valence-corrected chi connectivity index (χ1v) is 6.55. The van der Waals surface area contributed by atoms with Gasteiger partial charge in [-0.2, -0.15) is 0 Å². The summed E-state index contributed by atoms with van der Waals surface area (Å²) in [7, 11) is 1.47. The number of methoxy groups -OCH3 is 1. The fourth-order valence-electron chi connectivity index (χ4n) is 1.53. The highest BCUT2D eigenvalue weighted by atomic mass is 16.5. The number of aromatic hydroxyl groups is 1. The van der Waals surface area contributed by atoms with Crippen molar-refractivity contribution in [3.63, 3.8) is 0 Å². The summed E-state index contributed by atoms with van der Waals surface area (Å²) in [5, 5.41) is 14.6. The second-order valence-corrected chi connectivity index (χ2v) is 4.92. The number of hydrogen-bond donors (Lipinski definition) is 4. The highest BCUT2D eigenvalue weighted by Crippen LogP contribution is 2.27. The van der Waals surface area contributed by atoms with Crippen molar-refractivity contribution in [1.29, 1.82) is 0 Å². The van der Waals surface area contributed by atoms with E-state index < -0.39 is 11.9 Å². The molecule has 0 saturated heterocycles. The predicted molar refractivity (Wildman–Crippen MR) is 79.1 cm³/mol. The third kappa shape index (κ3) is 4.96. The number of phenols is 1. The van der Waals surface area contributed by atoms with Gasteiger partial charge in [0.2, 0.25) is 11.8 Å². The maximum absolute atomic E-state index is 11.7. The molecule has 0 spiro atoms. The summed E-state index contributed by atoms with van der Waals surface area (Å²) in [4.78, 5) is 23.3. The van der Waals surface area contributed by atoms with Crippen molar-refractivity contribution in [3.05, 3.63) is 18.2 Å². The maximum Gasteiger partial charge on any atom is 0.243 e. The van der Waals surface area contributed by atoms with Gasteiger partial charge in [-0.05, 0) is 18.1 Å². The van der Waals surface area contributed by atoms with Gasteiger partial charge in [0.15, 0.2) is 0 Å². The van der Waals surface area contributed by atoms with Crippen LogP contribution in [0.3, 0.4) is 0 Å². The molecule has 0 aliphatic carbocycles. The third-order valence-corrected chi connectivity index (χ3v) is 2.92. The van der Waals surface area contributed by atoms with Gasteiger partial charge in [-0.3, -0.25) is 9.59 Å². The van der Waals surface area contributed by atoms with E-state index >= 15 is 0 Å². The summed E-state index contributed by atoms with van der Waals surface area (Å²) in [6.45, 7) is 3.42. The number of benzene rings is 1. The number of rotatable bonds is 6. The second-order valence-electron chi connectivity index (χ2n) is 4.92. The smallest absolute Gasteiger partial charge is 0.243 e. The van der Waals surface area contributed by atoms with E-state index in [2.05, 4.69) is 10.6 Å². The molecule has 0 unspecified atom stereocenters. The van der Waals surface area contributed by atoms with E-state index in [9.17, 15) is 14.7 Å². The fraction of sp³-hybridized carbons (Fsp3) is 0.429. The first-order chi connectivity index (χ1) is 9.85. The molecule has 7 nitrogen and oxygen atoms in total. The van der Waals surface area contributed by atoms with Crippen LogP contribution in [0.2, 0.25) is 0 Å². The van der Waals surface area contributed by atoms with E-state index in [1.165, 1.54) is 19.2 Å². The Kier molecular flexibility index (Phi) is 5.98. The van der Waals surface area contributed by atoms with Crippen LogP contribution in [0.15, 0.2) is 18.2 Å². The van der Waals surface area contributed by atoms with E-state index in [1.807, 2.05) is 13.8 Å². The van der Waals surface area contributed by atoms with Crippen LogP contribution in [0.25, 0.3) is 0 Å². The Hall–Kier alpha value is -2.28. The van der Waals surface area contributed by atoms with E-state index in [1.54, 1.807) is 6.07 Å². The molecule has 21 heavy (non-hydrogen) atoms. The minimum absolute atomic E-state index is 0.0151. The van der Waals surface area contributed by atoms with Crippen LogP contribution < -0.4 is 21.1 Å². The largest absolute Gasteiger partial charge is 0.506 e. The fourth-order valence-corrected chi connectivity index (χ4v) is 1.53. The second kappa shape index (κ2) is 7.49. The molecule has 0 radical (unpaired) electrons. The molecule has 0 aliphatic rings. The van der Waals surface area contributed by atoms with Gasteiger partial charge in [-0.25, -0.2) is 0 Å². The Morgan fingerprint density at radius 1 is 1.38 bits per heavy atom. The summed E-state index contributed by atoms with van der Waals surface area (Å²) in [5.41, 5.74) is 5.90. The number of hydrogen-bond acceptors (Lipinski definition) is 5. The molecule has 0 bridgehead atoms. The van der Waals surface area contributed by atoms with Gasteiger partial charge in [0.05, 0.1) is 25.4 Å². The molecule has 0 fully saturated rings. The summed E-state index contributed by atoms with van der Waals surface area (Å²) < 4.78 is 4.94. The maximum atomic E-state index is 11.7. The molecule has 1 aromatic rings. The van der Waals surface area contributed by atoms with Gasteiger partial charge in [0, 0.05) is 6.07 Å². The molecule has 0 heterocycles. The molecule has 2 amide bonds. The topological polar surface area (TPSA) is 114 Å². The highest BCUT2D eigenvalue weighted by Gasteiger charge is 2.17. The van der Waals surface area contributed by atoms with Crippen molar-refractivity contribution in [2.24, 2.45) is 11.7 Å².